The Balaban J connectivity index is 1.60. The highest BCUT2D eigenvalue weighted by Gasteiger charge is 2.34. The highest BCUT2D eigenvalue weighted by Crippen LogP contribution is 2.33. The second-order valence-corrected chi connectivity index (χ2v) is 7.81. The van der Waals surface area contributed by atoms with Crippen LogP contribution in [0.25, 0.3) is 11.3 Å². The van der Waals surface area contributed by atoms with Crippen LogP contribution in [0.2, 0.25) is 0 Å². The van der Waals surface area contributed by atoms with Crippen LogP contribution < -0.4 is 0 Å². The van der Waals surface area contributed by atoms with Crippen molar-refractivity contribution in [3.8, 4) is 11.3 Å². The van der Waals surface area contributed by atoms with E-state index in [9.17, 15) is 4.79 Å². The van der Waals surface area contributed by atoms with E-state index in [2.05, 4.69) is 60.2 Å². The molecule has 146 valence electrons. The second kappa shape index (κ2) is 7.22. The van der Waals surface area contributed by atoms with E-state index >= 15 is 0 Å². The van der Waals surface area contributed by atoms with Gasteiger partial charge in [-0.15, -0.1) is 10.2 Å². The van der Waals surface area contributed by atoms with Gasteiger partial charge in [0, 0.05) is 18.2 Å². The van der Waals surface area contributed by atoms with Gasteiger partial charge < -0.3 is 9.47 Å². The zero-order valence-electron chi connectivity index (χ0n) is 16.8. The molecular weight excluding hydrogens is 352 g/mol. The summed E-state index contributed by atoms with van der Waals surface area (Å²) in [7, 11) is 0. The Morgan fingerprint density at radius 3 is 2.79 bits per heavy atom. The molecule has 0 bridgehead atoms. The van der Waals surface area contributed by atoms with E-state index in [1.807, 2.05) is 21.6 Å². The summed E-state index contributed by atoms with van der Waals surface area (Å²) in [6.45, 7) is 9.07. The van der Waals surface area contributed by atoms with Gasteiger partial charge in [-0.05, 0) is 63.8 Å². The molecule has 7 nitrogen and oxygen atoms in total. The third-order valence-electron chi connectivity index (χ3n) is 5.58. The van der Waals surface area contributed by atoms with Crippen LogP contribution in [0, 0.1) is 13.8 Å². The standard InChI is InChI=1S/C21H26N6O/c1-13(2)27-12-22-25-20(27)19-6-5-9-26(19)21(28)18-11-17(23-24-18)16-8-7-14(3)15(4)10-16/h7-8,10-13,19H,5-6,9H2,1-4H3,(H,23,24). The highest BCUT2D eigenvalue weighted by molar-refractivity contribution is 5.93. The van der Waals surface area contributed by atoms with Crippen molar-refractivity contribution in [2.45, 2.75) is 52.6 Å². The van der Waals surface area contributed by atoms with Crippen molar-refractivity contribution in [1.29, 1.82) is 0 Å². The van der Waals surface area contributed by atoms with E-state index in [1.54, 1.807) is 6.33 Å². The molecule has 1 aliphatic rings. The van der Waals surface area contributed by atoms with Crippen LogP contribution in [0.4, 0.5) is 0 Å². The van der Waals surface area contributed by atoms with Crippen molar-refractivity contribution in [2.75, 3.05) is 6.54 Å². The quantitative estimate of drug-likeness (QED) is 0.748. The van der Waals surface area contributed by atoms with Crippen molar-refractivity contribution < 1.29 is 4.79 Å². The fourth-order valence-corrected chi connectivity index (χ4v) is 3.80. The van der Waals surface area contributed by atoms with Gasteiger partial charge in [0.05, 0.1) is 11.7 Å². The molecule has 1 unspecified atom stereocenters. The molecule has 1 atom stereocenters. The van der Waals surface area contributed by atoms with E-state index in [1.165, 1.54) is 11.1 Å². The molecule has 28 heavy (non-hydrogen) atoms. The fraction of sp³-hybridized carbons (Fsp3) is 0.429. The van der Waals surface area contributed by atoms with Gasteiger partial charge in [-0.3, -0.25) is 9.89 Å². The lowest BCUT2D eigenvalue weighted by Gasteiger charge is -2.24. The lowest BCUT2D eigenvalue weighted by molar-refractivity contribution is 0.0720. The number of carbonyl (C=O) groups is 1. The van der Waals surface area contributed by atoms with Crippen LogP contribution in [0.3, 0.4) is 0 Å². The summed E-state index contributed by atoms with van der Waals surface area (Å²) in [6, 6.07) is 8.27. The minimum atomic E-state index is -0.0502. The van der Waals surface area contributed by atoms with Crippen molar-refractivity contribution in [3.05, 3.63) is 53.2 Å². The van der Waals surface area contributed by atoms with E-state index in [0.717, 1.165) is 29.9 Å². The van der Waals surface area contributed by atoms with E-state index < -0.39 is 0 Å². The fourth-order valence-electron chi connectivity index (χ4n) is 3.80. The Hall–Kier alpha value is -2.96. The van der Waals surface area contributed by atoms with Crippen molar-refractivity contribution in [1.82, 2.24) is 29.9 Å². The number of nitrogens with zero attached hydrogens (tertiary/aromatic N) is 5. The van der Waals surface area contributed by atoms with Crippen LogP contribution >= 0.6 is 0 Å². The molecule has 4 rings (SSSR count). The molecule has 1 fully saturated rings. The summed E-state index contributed by atoms with van der Waals surface area (Å²) in [5.41, 5.74) is 4.75. The van der Waals surface area contributed by atoms with Gasteiger partial charge in [0.25, 0.3) is 5.91 Å². The molecule has 3 aromatic rings. The topological polar surface area (TPSA) is 79.7 Å². The summed E-state index contributed by atoms with van der Waals surface area (Å²) in [5.74, 6) is 0.818. The van der Waals surface area contributed by atoms with Crippen molar-refractivity contribution >= 4 is 5.91 Å². The Kier molecular flexibility index (Phi) is 4.75. The molecule has 1 amide bonds. The summed E-state index contributed by atoms with van der Waals surface area (Å²) in [4.78, 5) is 15.1. The molecule has 7 heteroatoms. The maximum atomic E-state index is 13.2. The van der Waals surface area contributed by atoms with Crippen LogP contribution in [0.1, 0.15) is 66.2 Å². The Bertz CT molecular complexity index is 1000. The number of likely N-dealkylation sites (tertiary alicyclic amines) is 1. The molecular formula is C21H26N6O. The molecule has 1 N–H and O–H groups in total. The first-order chi connectivity index (χ1) is 13.5. The number of benzene rings is 1. The SMILES string of the molecule is Cc1ccc(-c2cc(C(=O)N3CCCC3c3nncn3C(C)C)[nH]n2)cc1C. The summed E-state index contributed by atoms with van der Waals surface area (Å²) >= 11 is 0. The van der Waals surface area contributed by atoms with Gasteiger partial charge in [-0.1, -0.05) is 12.1 Å². The first-order valence-corrected chi connectivity index (χ1v) is 9.79. The molecule has 2 aromatic heterocycles. The third-order valence-corrected chi connectivity index (χ3v) is 5.58. The van der Waals surface area contributed by atoms with Crippen molar-refractivity contribution in [2.24, 2.45) is 0 Å². The molecule has 3 heterocycles. The second-order valence-electron chi connectivity index (χ2n) is 7.81. The summed E-state index contributed by atoms with van der Waals surface area (Å²) < 4.78 is 2.05. The Morgan fingerprint density at radius 1 is 1.21 bits per heavy atom. The lowest BCUT2D eigenvalue weighted by atomic mass is 10.0. The zero-order valence-corrected chi connectivity index (χ0v) is 16.8. The molecule has 0 radical (unpaired) electrons. The zero-order chi connectivity index (χ0) is 19.8. The number of H-pyrrole nitrogens is 1. The van der Waals surface area contributed by atoms with Crippen molar-refractivity contribution in [3.63, 3.8) is 0 Å². The smallest absolute Gasteiger partial charge is 0.272 e. The number of hydrogen-bond donors (Lipinski definition) is 1. The molecule has 1 saturated heterocycles. The lowest BCUT2D eigenvalue weighted by Crippen LogP contribution is -2.32. The largest absolute Gasteiger partial charge is 0.327 e. The highest BCUT2D eigenvalue weighted by atomic mass is 16.2. The van der Waals surface area contributed by atoms with E-state index in [-0.39, 0.29) is 18.0 Å². The van der Waals surface area contributed by atoms with E-state index in [0.29, 0.717) is 12.2 Å². The summed E-state index contributed by atoms with van der Waals surface area (Å²) in [6.07, 6.45) is 3.60. The van der Waals surface area contributed by atoms with Gasteiger partial charge in [0.1, 0.15) is 12.0 Å². The minimum Gasteiger partial charge on any atom is -0.327 e. The van der Waals surface area contributed by atoms with Gasteiger partial charge >= 0.3 is 0 Å². The Morgan fingerprint density at radius 2 is 2.04 bits per heavy atom. The number of nitrogens with one attached hydrogen (secondary N) is 1. The summed E-state index contributed by atoms with van der Waals surface area (Å²) in [5, 5.41) is 15.7. The molecule has 1 aromatic carbocycles. The number of aryl methyl sites for hydroxylation is 2. The normalized spacial score (nSPS) is 16.9. The number of rotatable bonds is 4. The predicted octanol–water partition coefficient (Wildman–Crippen LogP) is 3.84. The van der Waals surface area contributed by atoms with Crippen LogP contribution in [0.15, 0.2) is 30.6 Å². The molecule has 0 aliphatic carbocycles. The molecule has 1 aliphatic heterocycles. The van der Waals surface area contributed by atoms with E-state index in [4.69, 9.17) is 0 Å². The predicted molar refractivity (Wildman–Crippen MR) is 107 cm³/mol. The number of aromatic amines is 1. The molecule has 0 spiro atoms. The molecule has 0 saturated carbocycles. The van der Waals surface area contributed by atoms with Gasteiger partial charge in [0.2, 0.25) is 0 Å². The number of carbonyl (C=O) groups excluding carboxylic acids is 1. The average Bonchev–Trinajstić information content (AvgIpc) is 3.42. The maximum absolute atomic E-state index is 13.2. The number of aromatic nitrogens is 5. The minimum absolute atomic E-state index is 0.0385. The monoisotopic (exact) mass is 378 g/mol. The third kappa shape index (κ3) is 3.21. The van der Waals surface area contributed by atoms with Crippen LogP contribution in [-0.4, -0.2) is 42.3 Å². The average molecular weight is 378 g/mol. The van der Waals surface area contributed by atoms with Gasteiger partial charge in [-0.2, -0.15) is 5.10 Å². The number of amides is 1. The van der Waals surface area contributed by atoms with Gasteiger partial charge in [0.15, 0.2) is 5.82 Å². The number of hydrogen-bond acceptors (Lipinski definition) is 4. The Labute approximate surface area is 164 Å². The maximum Gasteiger partial charge on any atom is 0.272 e. The van der Waals surface area contributed by atoms with Crippen LogP contribution in [0.5, 0.6) is 0 Å². The first kappa shape index (κ1) is 18.4. The van der Waals surface area contributed by atoms with Crippen LogP contribution in [-0.2, 0) is 0 Å². The van der Waals surface area contributed by atoms with Gasteiger partial charge in [-0.25, -0.2) is 0 Å². The first-order valence-electron chi connectivity index (χ1n) is 9.79.